The van der Waals surface area contributed by atoms with Crippen molar-refractivity contribution in [1.82, 2.24) is 14.8 Å². The van der Waals surface area contributed by atoms with Crippen LogP contribution >= 0.6 is 0 Å². The van der Waals surface area contributed by atoms with E-state index in [1.807, 2.05) is 0 Å². The Labute approximate surface area is 95.7 Å². The van der Waals surface area contributed by atoms with E-state index in [9.17, 15) is 9.59 Å². The molecule has 1 amide bonds. The van der Waals surface area contributed by atoms with Crippen molar-refractivity contribution in [2.24, 2.45) is 0 Å². The highest BCUT2D eigenvalue weighted by Crippen LogP contribution is 2.09. The maximum absolute atomic E-state index is 10.5. The third-order valence-corrected chi connectivity index (χ3v) is 1.94. The second-order valence-corrected chi connectivity index (χ2v) is 3.15. The average molecular weight is 232 g/mol. The highest BCUT2D eigenvalue weighted by molar-refractivity contribution is 5.81. The summed E-state index contributed by atoms with van der Waals surface area (Å²) in [6.07, 6.45) is 2.37. The maximum Gasteiger partial charge on any atom is 0.410 e. The molecule has 2 heterocycles. The predicted molar refractivity (Wildman–Crippen MR) is 58.4 cm³/mol. The number of aldehydes is 1. The van der Waals surface area contributed by atoms with Gasteiger partial charge in [-0.15, -0.1) is 0 Å². The Hall–Kier alpha value is -2.70. The number of nitrogens with one attached hydrogen (secondary N) is 1. The molecule has 0 spiro atoms. The van der Waals surface area contributed by atoms with Gasteiger partial charge >= 0.3 is 6.09 Å². The highest BCUT2D eigenvalue weighted by atomic mass is 16.4. The summed E-state index contributed by atoms with van der Waals surface area (Å²) in [7, 11) is 0. The Morgan fingerprint density at radius 2 is 2.29 bits per heavy atom. The SMILES string of the molecule is O=Cc1cnn(-c2cccc(NC(=O)O)n2)c1. The van der Waals surface area contributed by atoms with Gasteiger partial charge in [-0.25, -0.2) is 14.5 Å². The molecule has 2 rings (SSSR count). The number of nitrogens with zero attached hydrogens (tertiary/aromatic N) is 3. The molecule has 0 aliphatic carbocycles. The van der Waals surface area contributed by atoms with Crippen LogP contribution in [-0.4, -0.2) is 32.3 Å². The summed E-state index contributed by atoms with van der Waals surface area (Å²) in [5.74, 6) is 0.613. The molecule has 0 aromatic carbocycles. The van der Waals surface area contributed by atoms with Gasteiger partial charge in [-0.3, -0.25) is 10.1 Å². The van der Waals surface area contributed by atoms with Crippen molar-refractivity contribution in [3.63, 3.8) is 0 Å². The van der Waals surface area contributed by atoms with Crippen LogP contribution in [0.25, 0.3) is 5.82 Å². The molecule has 86 valence electrons. The Morgan fingerprint density at radius 3 is 2.94 bits per heavy atom. The van der Waals surface area contributed by atoms with E-state index in [4.69, 9.17) is 5.11 Å². The van der Waals surface area contributed by atoms with Crippen molar-refractivity contribution in [2.45, 2.75) is 0 Å². The lowest BCUT2D eigenvalue weighted by molar-refractivity contribution is 0.112. The number of pyridine rings is 1. The Bertz CT molecular complexity index is 564. The topological polar surface area (TPSA) is 97.1 Å². The molecule has 0 unspecified atom stereocenters. The van der Waals surface area contributed by atoms with Gasteiger partial charge in [-0.2, -0.15) is 5.10 Å². The van der Waals surface area contributed by atoms with Gasteiger partial charge in [-0.1, -0.05) is 6.07 Å². The normalized spacial score (nSPS) is 9.88. The minimum absolute atomic E-state index is 0.193. The molecule has 2 aromatic heterocycles. The van der Waals surface area contributed by atoms with Gasteiger partial charge in [0.15, 0.2) is 12.1 Å². The lowest BCUT2D eigenvalue weighted by Crippen LogP contribution is -2.10. The van der Waals surface area contributed by atoms with E-state index in [0.29, 0.717) is 17.7 Å². The third kappa shape index (κ3) is 2.46. The van der Waals surface area contributed by atoms with E-state index in [1.54, 1.807) is 12.1 Å². The highest BCUT2D eigenvalue weighted by Gasteiger charge is 2.04. The molecule has 0 fully saturated rings. The molecular formula is C10H8N4O3. The molecule has 0 aliphatic rings. The van der Waals surface area contributed by atoms with Gasteiger partial charge in [0.25, 0.3) is 0 Å². The zero-order valence-corrected chi connectivity index (χ0v) is 8.57. The van der Waals surface area contributed by atoms with Crippen molar-refractivity contribution >= 4 is 18.2 Å². The summed E-state index contributed by atoms with van der Waals surface area (Å²) in [6.45, 7) is 0. The standard InChI is InChI=1S/C10H8N4O3/c15-6-7-4-11-14(5-7)9-3-1-2-8(12-9)13-10(16)17/h1-6H,(H,12,13)(H,16,17). The van der Waals surface area contributed by atoms with E-state index < -0.39 is 6.09 Å². The molecule has 0 atom stereocenters. The van der Waals surface area contributed by atoms with Crippen molar-refractivity contribution in [3.05, 3.63) is 36.2 Å². The number of aromatic nitrogens is 3. The third-order valence-electron chi connectivity index (χ3n) is 1.94. The molecule has 2 aromatic rings. The summed E-state index contributed by atoms with van der Waals surface area (Å²) in [5, 5.41) is 14.6. The van der Waals surface area contributed by atoms with E-state index in [1.165, 1.54) is 23.1 Å². The second kappa shape index (κ2) is 4.44. The summed E-state index contributed by atoms with van der Waals surface area (Å²) >= 11 is 0. The van der Waals surface area contributed by atoms with Gasteiger partial charge in [0.05, 0.1) is 11.8 Å². The average Bonchev–Trinajstić information content (AvgIpc) is 2.77. The molecule has 0 radical (unpaired) electrons. The van der Waals surface area contributed by atoms with Gasteiger partial charge in [0.2, 0.25) is 0 Å². The van der Waals surface area contributed by atoms with Crippen LogP contribution in [0.4, 0.5) is 10.6 Å². The van der Waals surface area contributed by atoms with Crippen LogP contribution < -0.4 is 5.32 Å². The molecule has 7 nitrogen and oxygen atoms in total. The second-order valence-electron chi connectivity index (χ2n) is 3.15. The van der Waals surface area contributed by atoms with Gasteiger partial charge < -0.3 is 5.11 Å². The number of hydrogen-bond donors (Lipinski definition) is 2. The van der Waals surface area contributed by atoms with Crippen molar-refractivity contribution in [3.8, 4) is 5.82 Å². The van der Waals surface area contributed by atoms with Crippen molar-refractivity contribution in [1.29, 1.82) is 0 Å². The maximum atomic E-state index is 10.5. The molecule has 0 aliphatic heterocycles. The number of carboxylic acid groups (broad SMARTS) is 1. The smallest absolute Gasteiger partial charge is 0.410 e. The molecule has 17 heavy (non-hydrogen) atoms. The van der Waals surface area contributed by atoms with Crippen LogP contribution in [0.5, 0.6) is 0 Å². The first kappa shape index (κ1) is 10.8. The summed E-state index contributed by atoms with van der Waals surface area (Å²) < 4.78 is 1.39. The molecule has 7 heteroatoms. The van der Waals surface area contributed by atoms with E-state index in [2.05, 4.69) is 15.4 Å². The zero-order chi connectivity index (χ0) is 12.3. The zero-order valence-electron chi connectivity index (χ0n) is 8.57. The fraction of sp³-hybridized carbons (Fsp3) is 0. The van der Waals surface area contributed by atoms with Crippen LogP contribution in [0.1, 0.15) is 10.4 Å². The molecule has 0 bridgehead atoms. The molecule has 0 saturated carbocycles. The predicted octanol–water partition coefficient (Wildman–Crippen LogP) is 1.17. The summed E-state index contributed by atoms with van der Waals surface area (Å²) in [5.41, 5.74) is 0.420. The molecule has 2 N–H and O–H groups in total. The molecular weight excluding hydrogens is 224 g/mol. The van der Waals surface area contributed by atoms with E-state index in [-0.39, 0.29) is 5.82 Å². The number of anilines is 1. The van der Waals surface area contributed by atoms with Gasteiger partial charge in [0, 0.05) is 6.20 Å². The van der Waals surface area contributed by atoms with E-state index in [0.717, 1.165) is 0 Å². The lowest BCUT2D eigenvalue weighted by Gasteiger charge is -2.03. The summed E-state index contributed by atoms with van der Waals surface area (Å²) in [4.78, 5) is 25.0. The fourth-order valence-corrected chi connectivity index (χ4v) is 1.25. The first-order chi connectivity index (χ1) is 8.19. The quantitative estimate of drug-likeness (QED) is 0.774. The number of amides is 1. The lowest BCUT2D eigenvalue weighted by atomic mass is 10.4. The van der Waals surface area contributed by atoms with Crippen LogP contribution in [0.2, 0.25) is 0 Å². The van der Waals surface area contributed by atoms with Gasteiger partial charge in [-0.05, 0) is 12.1 Å². The number of hydrogen-bond acceptors (Lipinski definition) is 4. The monoisotopic (exact) mass is 232 g/mol. The van der Waals surface area contributed by atoms with Crippen molar-refractivity contribution in [2.75, 3.05) is 5.32 Å². The number of carbonyl (C=O) groups is 2. The largest absolute Gasteiger partial charge is 0.465 e. The Morgan fingerprint density at radius 1 is 1.47 bits per heavy atom. The van der Waals surface area contributed by atoms with Crippen LogP contribution in [0.3, 0.4) is 0 Å². The number of carbonyl (C=O) groups excluding carboxylic acids is 1. The van der Waals surface area contributed by atoms with Crippen LogP contribution in [-0.2, 0) is 0 Å². The Kier molecular flexibility index (Phi) is 2.82. The first-order valence-electron chi connectivity index (χ1n) is 4.66. The first-order valence-corrected chi connectivity index (χ1v) is 4.66. The van der Waals surface area contributed by atoms with Crippen LogP contribution in [0.15, 0.2) is 30.6 Å². The van der Waals surface area contributed by atoms with Crippen molar-refractivity contribution < 1.29 is 14.7 Å². The Balaban J connectivity index is 2.32. The summed E-state index contributed by atoms with van der Waals surface area (Å²) in [6, 6.07) is 4.80. The molecule has 0 saturated heterocycles. The van der Waals surface area contributed by atoms with E-state index >= 15 is 0 Å². The minimum atomic E-state index is -1.19. The van der Waals surface area contributed by atoms with Gasteiger partial charge in [0.1, 0.15) is 5.82 Å². The minimum Gasteiger partial charge on any atom is -0.465 e. The fourth-order valence-electron chi connectivity index (χ4n) is 1.25. The number of rotatable bonds is 3. The van der Waals surface area contributed by atoms with Crippen LogP contribution in [0, 0.1) is 0 Å².